The summed E-state index contributed by atoms with van der Waals surface area (Å²) in [5.41, 5.74) is 10.3. The van der Waals surface area contributed by atoms with E-state index in [1.165, 1.54) is 12.8 Å². The van der Waals surface area contributed by atoms with Crippen molar-refractivity contribution < 1.29 is 8.78 Å². The van der Waals surface area contributed by atoms with Crippen LogP contribution in [0.4, 0.5) is 14.7 Å². The lowest BCUT2D eigenvalue weighted by atomic mass is 10.1. The molecule has 0 radical (unpaired) electrons. The predicted molar refractivity (Wildman–Crippen MR) is 123 cm³/mol. The molecule has 5 heterocycles. The van der Waals surface area contributed by atoms with Crippen molar-refractivity contribution in [1.29, 1.82) is 0 Å². The molecule has 174 valence electrons. The molecule has 0 bridgehead atoms. The molecule has 4 aromatic heterocycles. The third-order valence-corrected chi connectivity index (χ3v) is 6.21. The number of hydrogen-bond acceptors (Lipinski definition) is 6. The van der Waals surface area contributed by atoms with Gasteiger partial charge in [-0.25, -0.2) is 28.2 Å². The van der Waals surface area contributed by atoms with Crippen LogP contribution in [0.25, 0.3) is 27.9 Å². The molecule has 33 heavy (non-hydrogen) atoms. The maximum atomic E-state index is 12.4. The van der Waals surface area contributed by atoms with E-state index in [2.05, 4.69) is 19.6 Å². The van der Waals surface area contributed by atoms with Gasteiger partial charge in [-0.05, 0) is 63.9 Å². The van der Waals surface area contributed by atoms with Crippen molar-refractivity contribution in [1.82, 2.24) is 34.0 Å². The number of nitrogens with zero attached hydrogens (tertiary/aromatic N) is 7. The minimum Gasteiger partial charge on any atom is -0.367 e. The van der Waals surface area contributed by atoms with Gasteiger partial charge < -0.3 is 15.2 Å². The molecular weight excluding hydrogens is 426 g/mol. The Bertz CT molecular complexity index is 1290. The molecule has 1 aliphatic carbocycles. The fourth-order valence-corrected chi connectivity index (χ4v) is 4.33. The first-order valence-electron chi connectivity index (χ1n) is 11.3. The number of hydrogen-bond donors (Lipinski definition) is 1. The third kappa shape index (κ3) is 4.66. The number of aromatic nitrogens is 6. The minimum atomic E-state index is -2.42. The van der Waals surface area contributed by atoms with Crippen LogP contribution in [0.15, 0.2) is 30.6 Å². The van der Waals surface area contributed by atoms with Crippen LogP contribution in [-0.4, -0.2) is 60.1 Å². The van der Waals surface area contributed by atoms with Gasteiger partial charge in [-0.2, -0.15) is 0 Å². The number of anilines is 1. The molecule has 8 nitrogen and oxygen atoms in total. The Hall–Kier alpha value is -3.14. The first-order valence-corrected chi connectivity index (χ1v) is 11.3. The zero-order valence-corrected chi connectivity index (χ0v) is 18.9. The number of fused-ring (bicyclic) bond motifs is 2. The van der Waals surface area contributed by atoms with Gasteiger partial charge in [-0.15, -0.1) is 5.10 Å². The van der Waals surface area contributed by atoms with E-state index in [0.29, 0.717) is 6.42 Å². The normalized spacial score (nSPS) is 18.4. The topological polar surface area (TPSA) is 90.2 Å². The van der Waals surface area contributed by atoms with Crippen molar-refractivity contribution in [2.24, 2.45) is 5.92 Å². The van der Waals surface area contributed by atoms with Crippen LogP contribution in [0.1, 0.15) is 31.5 Å². The highest BCUT2D eigenvalue weighted by Gasteiger charge is 2.33. The number of alkyl halides is 2. The van der Waals surface area contributed by atoms with Gasteiger partial charge in [0, 0.05) is 24.7 Å². The first kappa shape index (κ1) is 21.7. The van der Waals surface area contributed by atoms with Crippen LogP contribution in [0.3, 0.4) is 0 Å². The Morgan fingerprint density at radius 3 is 2.70 bits per heavy atom. The molecule has 2 aliphatic rings. The van der Waals surface area contributed by atoms with Crippen molar-refractivity contribution in [3.63, 3.8) is 0 Å². The number of pyridine rings is 1. The van der Waals surface area contributed by atoms with Crippen molar-refractivity contribution in [2.45, 2.75) is 45.1 Å². The lowest BCUT2D eigenvalue weighted by Gasteiger charge is -2.28. The second kappa shape index (κ2) is 8.33. The predicted octanol–water partition coefficient (Wildman–Crippen LogP) is 3.79. The van der Waals surface area contributed by atoms with Gasteiger partial charge in [0.15, 0.2) is 5.65 Å². The summed E-state index contributed by atoms with van der Waals surface area (Å²) in [4.78, 5) is 15.3. The van der Waals surface area contributed by atoms with E-state index in [9.17, 15) is 8.78 Å². The summed E-state index contributed by atoms with van der Waals surface area (Å²) in [6.07, 6.45) is 6.92. The highest BCUT2D eigenvalue weighted by atomic mass is 19.3. The van der Waals surface area contributed by atoms with Crippen LogP contribution in [-0.2, 0) is 6.54 Å². The summed E-state index contributed by atoms with van der Waals surface area (Å²) in [7, 11) is 1.73. The Morgan fingerprint density at radius 1 is 1.18 bits per heavy atom. The average Bonchev–Trinajstić information content (AvgIpc) is 3.40. The smallest absolute Gasteiger partial charge is 0.260 e. The Kier molecular flexibility index (Phi) is 5.48. The first-order chi connectivity index (χ1) is 15.8. The Balaban J connectivity index is 0.000000215. The van der Waals surface area contributed by atoms with Crippen LogP contribution in [0.5, 0.6) is 0 Å². The van der Waals surface area contributed by atoms with Crippen LogP contribution < -0.4 is 5.73 Å². The van der Waals surface area contributed by atoms with Crippen molar-refractivity contribution in [2.75, 3.05) is 25.9 Å². The summed E-state index contributed by atoms with van der Waals surface area (Å²) in [6.45, 7) is 3.81. The lowest BCUT2D eigenvalue weighted by Crippen LogP contribution is -2.39. The molecule has 0 aromatic carbocycles. The molecular formula is C23H28F2N8. The summed E-state index contributed by atoms with van der Waals surface area (Å²) < 4.78 is 28.8. The van der Waals surface area contributed by atoms with E-state index < -0.39 is 5.92 Å². The zero-order chi connectivity index (χ0) is 23.2. The molecule has 4 aromatic rings. The Morgan fingerprint density at radius 2 is 2.00 bits per heavy atom. The molecule has 1 saturated carbocycles. The van der Waals surface area contributed by atoms with Crippen molar-refractivity contribution >= 4 is 22.6 Å². The minimum absolute atomic E-state index is 0.0625. The largest absolute Gasteiger partial charge is 0.367 e. The zero-order valence-electron chi connectivity index (χ0n) is 18.9. The number of halogens is 2. The number of nitrogens with two attached hydrogens (primary N) is 1. The van der Waals surface area contributed by atoms with E-state index in [1.807, 2.05) is 31.3 Å². The lowest BCUT2D eigenvalue weighted by molar-refractivity contribution is -0.0571. The van der Waals surface area contributed by atoms with E-state index in [1.54, 1.807) is 22.7 Å². The molecule has 0 atom stereocenters. The second-order valence-electron chi connectivity index (χ2n) is 9.13. The standard InChI is InChI=1S/C17H17N7.C6H11F2N/c1-10-20-14-5-4-13(21-16(14)23(10)9-11-2-3-11)12-6-7-24-15(12)8-19-17(18)22-24;1-9-4-2-3-6(7,8)5-9/h4-8,11H,2-3,9H2,1H3,(H2,18,22);2-5H2,1H3. The summed E-state index contributed by atoms with van der Waals surface area (Å²) >= 11 is 0. The highest BCUT2D eigenvalue weighted by Crippen LogP contribution is 2.33. The molecule has 6 rings (SSSR count). The van der Waals surface area contributed by atoms with Gasteiger partial charge in [-0.1, -0.05) is 0 Å². The molecule has 2 N–H and O–H groups in total. The highest BCUT2D eigenvalue weighted by molar-refractivity contribution is 5.82. The number of nitrogen functional groups attached to an aromatic ring is 1. The monoisotopic (exact) mass is 454 g/mol. The molecule has 1 aliphatic heterocycles. The summed E-state index contributed by atoms with van der Waals surface area (Å²) in [5, 5.41) is 4.19. The molecule has 0 unspecified atom stereocenters. The van der Waals surface area contributed by atoms with Crippen molar-refractivity contribution in [3.05, 3.63) is 36.4 Å². The fraction of sp³-hybridized carbons (Fsp3) is 0.478. The molecule has 0 spiro atoms. The van der Waals surface area contributed by atoms with E-state index in [0.717, 1.165) is 52.8 Å². The summed E-state index contributed by atoms with van der Waals surface area (Å²) in [6, 6.07) is 6.03. The van der Waals surface area contributed by atoms with Gasteiger partial charge in [0.1, 0.15) is 11.3 Å². The van der Waals surface area contributed by atoms with E-state index in [4.69, 9.17) is 10.7 Å². The van der Waals surface area contributed by atoms with E-state index in [-0.39, 0.29) is 18.9 Å². The third-order valence-electron chi connectivity index (χ3n) is 6.21. The van der Waals surface area contributed by atoms with Gasteiger partial charge in [0.2, 0.25) is 5.95 Å². The quantitative estimate of drug-likeness (QED) is 0.507. The Labute approximate surface area is 190 Å². The number of rotatable bonds is 3. The second-order valence-corrected chi connectivity index (χ2v) is 9.13. The fourth-order valence-electron chi connectivity index (χ4n) is 4.33. The van der Waals surface area contributed by atoms with Gasteiger partial charge in [0.05, 0.1) is 24.0 Å². The molecule has 2 fully saturated rings. The SMILES string of the molecule is CN1CCCC(F)(F)C1.Cc1nc2ccc(-c3ccn4nc(N)ncc34)nc2n1CC1CC1. The molecule has 1 saturated heterocycles. The van der Waals surface area contributed by atoms with Gasteiger partial charge >= 0.3 is 0 Å². The van der Waals surface area contributed by atoms with Gasteiger partial charge in [0.25, 0.3) is 5.92 Å². The average molecular weight is 455 g/mol. The maximum Gasteiger partial charge on any atom is 0.260 e. The van der Waals surface area contributed by atoms with Crippen molar-refractivity contribution in [3.8, 4) is 11.3 Å². The number of imidazole rings is 1. The van der Waals surface area contributed by atoms with Crippen LogP contribution in [0.2, 0.25) is 0 Å². The van der Waals surface area contributed by atoms with Crippen LogP contribution >= 0.6 is 0 Å². The molecule has 10 heteroatoms. The number of piperidine rings is 1. The molecule has 0 amide bonds. The van der Waals surface area contributed by atoms with Crippen LogP contribution in [0, 0.1) is 12.8 Å². The van der Waals surface area contributed by atoms with E-state index >= 15 is 0 Å². The number of aryl methyl sites for hydroxylation is 1. The van der Waals surface area contributed by atoms with Gasteiger partial charge in [-0.3, -0.25) is 0 Å². The maximum absolute atomic E-state index is 12.4. The number of likely N-dealkylation sites (tertiary alicyclic amines) is 1. The summed E-state index contributed by atoms with van der Waals surface area (Å²) in [5.74, 6) is -0.365.